The highest BCUT2D eigenvalue weighted by atomic mass is 127. The minimum Gasteiger partial charge on any atom is -0.357 e. The first-order valence-electron chi connectivity index (χ1n) is 6.85. The first kappa shape index (κ1) is 18.0. The lowest BCUT2D eigenvalue weighted by Crippen LogP contribution is -2.38. The van der Waals surface area contributed by atoms with Crippen molar-refractivity contribution < 1.29 is 0 Å². The number of hydrogen-bond acceptors (Lipinski definition) is 2. The number of nitrogens with one attached hydrogen (secondary N) is 1. The predicted molar refractivity (Wildman–Crippen MR) is 102 cm³/mol. The molecular weight excluding hydrogens is 393 g/mol. The van der Waals surface area contributed by atoms with Gasteiger partial charge in [-0.25, -0.2) is 4.99 Å². The minimum absolute atomic E-state index is 0. The van der Waals surface area contributed by atoms with Crippen molar-refractivity contribution in [2.75, 3.05) is 13.6 Å². The number of hydrogen-bond donors (Lipinski definition) is 1. The van der Waals surface area contributed by atoms with Crippen LogP contribution in [0, 0.1) is 0 Å². The Balaban J connectivity index is 0.00000220. The Bertz CT molecular complexity index is 526. The molecule has 2 aromatic rings. The quantitative estimate of drug-likeness (QED) is 0.455. The molecule has 0 saturated carbocycles. The Kier molecular flexibility index (Phi) is 8.37. The highest BCUT2D eigenvalue weighted by Gasteiger charge is 2.06. The second-order valence-electron chi connectivity index (χ2n) is 4.59. The highest BCUT2D eigenvalue weighted by molar-refractivity contribution is 14.0. The molecule has 0 fully saturated rings. The number of guanidine groups is 1. The Labute approximate surface area is 148 Å². The minimum atomic E-state index is 0. The Morgan fingerprint density at radius 3 is 2.57 bits per heavy atom. The zero-order valence-corrected chi connectivity index (χ0v) is 15.6. The molecule has 1 aromatic carbocycles. The van der Waals surface area contributed by atoms with Gasteiger partial charge in [0.15, 0.2) is 5.96 Å². The van der Waals surface area contributed by atoms with Crippen LogP contribution < -0.4 is 5.32 Å². The standard InChI is InChI=1S/C16H21N3S.HI/c1-3-17-16(18-12-15-10-7-11-20-15)19(2)13-14-8-5-4-6-9-14;/h4-11H,3,12-13H2,1-2H3,(H,17,18);1H. The Hall–Kier alpha value is -1.08. The summed E-state index contributed by atoms with van der Waals surface area (Å²) in [5.74, 6) is 0.949. The molecule has 1 N–H and O–H groups in total. The van der Waals surface area contributed by atoms with Gasteiger partial charge in [-0.05, 0) is 23.9 Å². The van der Waals surface area contributed by atoms with E-state index in [1.807, 2.05) is 6.07 Å². The van der Waals surface area contributed by atoms with Gasteiger partial charge < -0.3 is 10.2 Å². The maximum Gasteiger partial charge on any atom is 0.194 e. The maximum atomic E-state index is 4.69. The maximum absolute atomic E-state index is 4.69. The summed E-state index contributed by atoms with van der Waals surface area (Å²) >= 11 is 1.75. The third kappa shape index (κ3) is 6.05. The van der Waals surface area contributed by atoms with Gasteiger partial charge in [0, 0.05) is 25.0 Å². The zero-order chi connectivity index (χ0) is 14.2. The first-order chi connectivity index (χ1) is 9.79. The molecule has 0 radical (unpaired) electrons. The molecule has 0 saturated heterocycles. The number of benzene rings is 1. The number of thiophene rings is 1. The summed E-state index contributed by atoms with van der Waals surface area (Å²) in [6.45, 7) is 4.57. The number of aliphatic imine (C=N–C) groups is 1. The van der Waals surface area contributed by atoms with E-state index in [1.54, 1.807) is 11.3 Å². The van der Waals surface area contributed by atoms with Gasteiger partial charge in [-0.15, -0.1) is 35.3 Å². The summed E-state index contributed by atoms with van der Waals surface area (Å²) < 4.78 is 0. The van der Waals surface area contributed by atoms with E-state index in [0.717, 1.165) is 25.6 Å². The molecule has 0 aliphatic rings. The van der Waals surface area contributed by atoms with E-state index in [4.69, 9.17) is 4.99 Å². The lowest BCUT2D eigenvalue weighted by Gasteiger charge is -2.22. The van der Waals surface area contributed by atoms with Crippen LogP contribution in [0.25, 0.3) is 0 Å². The summed E-state index contributed by atoms with van der Waals surface area (Å²) in [5, 5.41) is 5.43. The van der Waals surface area contributed by atoms with Gasteiger partial charge in [0.25, 0.3) is 0 Å². The van der Waals surface area contributed by atoms with Gasteiger partial charge in [0.05, 0.1) is 6.54 Å². The average Bonchev–Trinajstić information content (AvgIpc) is 2.97. The fourth-order valence-corrected chi connectivity index (χ4v) is 2.59. The van der Waals surface area contributed by atoms with Crippen molar-refractivity contribution in [2.24, 2.45) is 4.99 Å². The summed E-state index contributed by atoms with van der Waals surface area (Å²) in [6.07, 6.45) is 0. The summed E-state index contributed by atoms with van der Waals surface area (Å²) in [7, 11) is 2.07. The van der Waals surface area contributed by atoms with Crippen molar-refractivity contribution in [3.63, 3.8) is 0 Å². The van der Waals surface area contributed by atoms with E-state index >= 15 is 0 Å². The van der Waals surface area contributed by atoms with Gasteiger partial charge >= 0.3 is 0 Å². The Morgan fingerprint density at radius 2 is 1.95 bits per heavy atom. The van der Waals surface area contributed by atoms with Crippen LogP contribution in [0.1, 0.15) is 17.4 Å². The highest BCUT2D eigenvalue weighted by Crippen LogP contribution is 2.10. The van der Waals surface area contributed by atoms with Crippen LogP contribution >= 0.6 is 35.3 Å². The summed E-state index contributed by atoms with van der Waals surface area (Å²) in [6, 6.07) is 14.6. The predicted octanol–water partition coefficient (Wildman–Crippen LogP) is 3.96. The van der Waals surface area contributed by atoms with Crippen LogP contribution in [-0.4, -0.2) is 24.5 Å². The smallest absolute Gasteiger partial charge is 0.194 e. The van der Waals surface area contributed by atoms with Gasteiger partial charge in [0.2, 0.25) is 0 Å². The largest absolute Gasteiger partial charge is 0.357 e. The summed E-state index contributed by atoms with van der Waals surface area (Å²) in [5.41, 5.74) is 1.29. The van der Waals surface area contributed by atoms with E-state index in [-0.39, 0.29) is 24.0 Å². The van der Waals surface area contributed by atoms with Crippen LogP contribution in [-0.2, 0) is 13.1 Å². The molecule has 2 rings (SSSR count). The number of halogens is 1. The van der Waals surface area contributed by atoms with E-state index in [9.17, 15) is 0 Å². The second-order valence-corrected chi connectivity index (χ2v) is 5.62. The molecule has 0 aliphatic heterocycles. The zero-order valence-electron chi connectivity index (χ0n) is 12.5. The molecule has 1 heterocycles. The molecule has 5 heteroatoms. The van der Waals surface area contributed by atoms with Crippen LogP contribution in [0.4, 0.5) is 0 Å². The monoisotopic (exact) mass is 415 g/mol. The van der Waals surface area contributed by atoms with Crippen molar-refractivity contribution in [1.29, 1.82) is 0 Å². The second kappa shape index (κ2) is 9.78. The van der Waals surface area contributed by atoms with Crippen LogP contribution in [0.3, 0.4) is 0 Å². The van der Waals surface area contributed by atoms with Crippen molar-refractivity contribution in [3.8, 4) is 0 Å². The molecule has 0 spiro atoms. The van der Waals surface area contributed by atoms with E-state index in [1.165, 1.54) is 10.4 Å². The van der Waals surface area contributed by atoms with Gasteiger partial charge in [0.1, 0.15) is 0 Å². The lowest BCUT2D eigenvalue weighted by atomic mass is 10.2. The van der Waals surface area contributed by atoms with Crippen molar-refractivity contribution >= 4 is 41.3 Å². The van der Waals surface area contributed by atoms with E-state index < -0.39 is 0 Å². The molecule has 0 bridgehead atoms. The van der Waals surface area contributed by atoms with E-state index in [0.29, 0.717) is 0 Å². The van der Waals surface area contributed by atoms with E-state index in [2.05, 4.69) is 66.0 Å². The topological polar surface area (TPSA) is 27.6 Å². The van der Waals surface area contributed by atoms with Crippen molar-refractivity contribution in [2.45, 2.75) is 20.0 Å². The molecule has 0 aliphatic carbocycles. The number of rotatable bonds is 5. The fraction of sp³-hybridized carbons (Fsp3) is 0.312. The average molecular weight is 415 g/mol. The molecular formula is C16H22IN3S. The molecule has 3 nitrogen and oxygen atoms in total. The van der Waals surface area contributed by atoms with Crippen LogP contribution in [0.2, 0.25) is 0 Å². The SMILES string of the molecule is CCNC(=NCc1cccs1)N(C)Cc1ccccc1.I. The molecule has 1 aromatic heterocycles. The lowest BCUT2D eigenvalue weighted by molar-refractivity contribution is 0.477. The van der Waals surface area contributed by atoms with Gasteiger partial charge in [-0.1, -0.05) is 36.4 Å². The molecule has 114 valence electrons. The fourth-order valence-electron chi connectivity index (χ4n) is 1.96. The number of nitrogens with zero attached hydrogens (tertiary/aromatic N) is 2. The van der Waals surface area contributed by atoms with Gasteiger partial charge in [-0.2, -0.15) is 0 Å². The molecule has 0 atom stereocenters. The molecule has 0 unspecified atom stereocenters. The first-order valence-corrected chi connectivity index (χ1v) is 7.73. The van der Waals surface area contributed by atoms with Crippen molar-refractivity contribution in [1.82, 2.24) is 10.2 Å². The van der Waals surface area contributed by atoms with Crippen molar-refractivity contribution in [3.05, 3.63) is 58.3 Å². The third-order valence-electron chi connectivity index (χ3n) is 2.92. The summed E-state index contributed by atoms with van der Waals surface area (Å²) in [4.78, 5) is 8.14. The third-order valence-corrected chi connectivity index (χ3v) is 3.78. The van der Waals surface area contributed by atoms with Gasteiger partial charge in [-0.3, -0.25) is 0 Å². The van der Waals surface area contributed by atoms with Crippen LogP contribution in [0.15, 0.2) is 52.8 Å². The Morgan fingerprint density at radius 1 is 1.19 bits per heavy atom. The molecule has 21 heavy (non-hydrogen) atoms. The normalized spacial score (nSPS) is 10.9. The van der Waals surface area contributed by atoms with Crippen LogP contribution in [0.5, 0.6) is 0 Å². The molecule has 0 amide bonds.